The van der Waals surface area contributed by atoms with Crippen molar-refractivity contribution in [1.29, 1.82) is 0 Å². The Morgan fingerprint density at radius 2 is 1.88 bits per heavy atom. The number of benzene rings is 1. The van der Waals surface area contributed by atoms with Gasteiger partial charge in [0.2, 0.25) is 0 Å². The van der Waals surface area contributed by atoms with Crippen LogP contribution >= 0.6 is 0 Å². The van der Waals surface area contributed by atoms with Crippen molar-refractivity contribution in [2.45, 2.75) is 26.9 Å². The second kappa shape index (κ2) is 7.19. The van der Waals surface area contributed by atoms with Crippen molar-refractivity contribution in [3.05, 3.63) is 41.1 Å². The molecule has 0 N–H and O–H groups in total. The summed E-state index contributed by atoms with van der Waals surface area (Å²) in [5.74, 6) is -0.705. The van der Waals surface area contributed by atoms with E-state index in [4.69, 9.17) is 9.47 Å². The van der Waals surface area contributed by atoms with Crippen molar-refractivity contribution in [2.75, 3.05) is 26.3 Å². The molecule has 3 rings (SSSR count). The summed E-state index contributed by atoms with van der Waals surface area (Å²) in [6.07, 6.45) is -0.837. The van der Waals surface area contributed by atoms with Crippen molar-refractivity contribution < 1.29 is 19.1 Å². The lowest BCUT2D eigenvalue weighted by atomic mass is 10.0. The van der Waals surface area contributed by atoms with E-state index in [0.717, 1.165) is 16.5 Å². The van der Waals surface area contributed by atoms with Crippen molar-refractivity contribution >= 4 is 22.8 Å². The molecule has 2 aromatic rings. The first kappa shape index (κ1) is 17.4. The van der Waals surface area contributed by atoms with Crippen LogP contribution in [0.4, 0.5) is 0 Å². The van der Waals surface area contributed by atoms with Crippen molar-refractivity contribution in [2.24, 2.45) is 0 Å². The predicted octanol–water partition coefficient (Wildman–Crippen LogP) is 2.26. The molecule has 0 saturated carbocycles. The second-order valence-electron chi connectivity index (χ2n) is 6.20. The van der Waals surface area contributed by atoms with Gasteiger partial charge in [-0.15, -0.1) is 0 Å². The van der Waals surface area contributed by atoms with Gasteiger partial charge in [-0.25, -0.2) is 4.79 Å². The molecule has 1 aliphatic heterocycles. The number of rotatable bonds is 3. The predicted molar refractivity (Wildman–Crippen MR) is 93.5 cm³/mol. The number of ether oxygens (including phenoxy) is 2. The third-order valence-corrected chi connectivity index (χ3v) is 4.49. The monoisotopic (exact) mass is 342 g/mol. The molecule has 1 fully saturated rings. The minimum atomic E-state index is -0.837. The first-order valence-corrected chi connectivity index (χ1v) is 8.42. The summed E-state index contributed by atoms with van der Waals surface area (Å²) >= 11 is 0. The Labute approximate surface area is 146 Å². The topological polar surface area (TPSA) is 68.7 Å². The van der Waals surface area contributed by atoms with Crippen molar-refractivity contribution in [3.8, 4) is 0 Å². The summed E-state index contributed by atoms with van der Waals surface area (Å²) in [4.78, 5) is 31.2. The van der Waals surface area contributed by atoms with Crippen molar-refractivity contribution in [3.63, 3.8) is 0 Å². The van der Waals surface area contributed by atoms with Gasteiger partial charge in [-0.3, -0.25) is 9.78 Å². The fourth-order valence-corrected chi connectivity index (χ4v) is 3.14. The smallest absolute Gasteiger partial charge is 0.341 e. The van der Waals surface area contributed by atoms with Crippen LogP contribution in [-0.4, -0.2) is 54.2 Å². The normalized spacial score (nSPS) is 15.9. The zero-order chi connectivity index (χ0) is 18.0. The van der Waals surface area contributed by atoms with E-state index < -0.39 is 12.1 Å². The molecule has 6 heteroatoms. The number of hydrogen-bond donors (Lipinski definition) is 0. The molecule has 1 aromatic carbocycles. The van der Waals surface area contributed by atoms with Crippen molar-refractivity contribution in [1.82, 2.24) is 9.88 Å². The molecule has 0 unspecified atom stereocenters. The summed E-state index contributed by atoms with van der Waals surface area (Å²) in [5, 5.41) is 0.909. The largest absolute Gasteiger partial charge is 0.449 e. The fourth-order valence-electron chi connectivity index (χ4n) is 3.14. The first-order valence-electron chi connectivity index (χ1n) is 8.42. The number of hydrogen-bond acceptors (Lipinski definition) is 5. The molecule has 25 heavy (non-hydrogen) atoms. The van der Waals surface area contributed by atoms with Crippen LogP contribution in [0.2, 0.25) is 0 Å². The van der Waals surface area contributed by atoms with Gasteiger partial charge < -0.3 is 14.4 Å². The quantitative estimate of drug-likeness (QED) is 0.800. The summed E-state index contributed by atoms with van der Waals surface area (Å²) in [7, 11) is 0. The van der Waals surface area contributed by atoms with Crippen LogP contribution in [0.1, 0.15) is 28.5 Å². The summed E-state index contributed by atoms with van der Waals surface area (Å²) in [6, 6.07) is 7.66. The van der Waals surface area contributed by atoms with Gasteiger partial charge in [0.25, 0.3) is 5.91 Å². The summed E-state index contributed by atoms with van der Waals surface area (Å²) in [6.45, 7) is 7.34. The van der Waals surface area contributed by atoms with Gasteiger partial charge in [-0.1, -0.05) is 18.2 Å². The molecule has 132 valence electrons. The molecule has 0 bridgehead atoms. The molecule has 1 aromatic heterocycles. The molecule has 0 aliphatic carbocycles. The number of aromatic nitrogens is 1. The maximum absolute atomic E-state index is 12.7. The third-order valence-electron chi connectivity index (χ3n) is 4.49. The highest BCUT2D eigenvalue weighted by Gasteiger charge is 2.27. The average Bonchev–Trinajstić information content (AvgIpc) is 2.61. The SMILES string of the molecule is Cc1nc2ccccc2c(C)c1C(=O)O[C@@H](C)C(=O)N1CCOCC1. The highest BCUT2D eigenvalue weighted by Crippen LogP contribution is 2.23. The van der Waals surface area contributed by atoms with Gasteiger partial charge in [0.1, 0.15) is 0 Å². The van der Waals surface area contributed by atoms with Crippen LogP contribution in [-0.2, 0) is 14.3 Å². The van der Waals surface area contributed by atoms with E-state index in [1.165, 1.54) is 0 Å². The Kier molecular flexibility index (Phi) is 4.99. The molecule has 1 atom stereocenters. The minimum absolute atomic E-state index is 0.194. The number of amides is 1. The van der Waals surface area contributed by atoms with Crippen LogP contribution in [0, 0.1) is 13.8 Å². The Morgan fingerprint density at radius 3 is 2.60 bits per heavy atom. The number of morpholine rings is 1. The van der Waals surface area contributed by atoms with Gasteiger partial charge in [0, 0.05) is 18.5 Å². The fraction of sp³-hybridized carbons (Fsp3) is 0.421. The van der Waals surface area contributed by atoms with Crippen LogP contribution in [0.3, 0.4) is 0 Å². The Bertz CT molecular complexity index is 812. The Balaban J connectivity index is 1.81. The third kappa shape index (κ3) is 3.49. The van der Waals surface area contributed by atoms with Gasteiger partial charge in [-0.2, -0.15) is 0 Å². The van der Waals surface area contributed by atoms with Crippen LogP contribution in [0.15, 0.2) is 24.3 Å². The number of para-hydroxylation sites is 1. The summed E-state index contributed by atoms with van der Waals surface area (Å²) in [5.41, 5.74) is 2.69. The Morgan fingerprint density at radius 1 is 1.20 bits per heavy atom. The van der Waals surface area contributed by atoms with Crippen LogP contribution < -0.4 is 0 Å². The van der Waals surface area contributed by atoms with Crippen LogP contribution in [0.25, 0.3) is 10.9 Å². The van der Waals surface area contributed by atoms with Gasteiger partial charge in [0.05, 0.1) is 30.0 Å². The molecule has 6 nitrogen and oxygen atoms in total. The zero-order valence-electron chi connectivity index (χ0n) is 14.7. The van der Waals surface area contributed by atoms with E-state index in [-0.39, 0.29) is 5.91 Å². The van der Waals surface area contributed by atoms with Crippen LogP contribution in [0.5, 0.6) is 0 Å². The maximum atomic E-state index is 12.7. The van der Waals surface area contributed by atoms with E-state index >= 15 is 0 Å². The number of esters is 1. The number of fused-ring (bicyclic) bond motifs is 1. The molecule has 1 aliphatic rings. The number of carbonyl (C=O) groups is 2. The Hall–Kier alpha value is -2.47. The van der Waals surface area contributed by atoms with E-state index in [1.54, 1.807) is 18.7 Å². The first-order chi connectivity index (χ1) is 12.0. The van der Waals surface area contributed by atoms with E-state index in [1.807, 2.05) is 31.2 Å². The zero-order valence-corrected chi connectivity index (χ0v) is 14.7. The number of pyridine rings is 1. The van der Waals surface area contributed by atoms with Gasteiger partial charge in [0.15, 0.2) is 6.10 Å². The van der Waals surface area contributed by atoms with E-state index in [9.17, 15) is 9.59 Å². The molecular formula is C19H22N2O4. The lowest BCUT2D eigenvalue weighted by Gasteiger charge is -2.29. The molecule has 1 saturated heterocycles. The molecule has 2 heterocycles. The van der Waals surface area contributed by atoms with E-state index in [0.29, 0.717) is 37.6 Å². The highest BCUT2D eigenvalue weighted by atomic mass is 16.5. The van der Waals surface area contributed by atoms with Gasteiger partial charge in [-0.05, 0) is 32.4 Å². The number of aryl methyl sites for hydroxylation is 2. The van der Waals surface area contributed by atoms with E-state index in [2.05, 4.69) is 4.98 Å². The average molecular weight is 342 g/mol. The molecule has 1 amide bonds. The maximum Gasteiger partial charge on any atom is 0.341 e. The lowest BCUT2D eigenvalue weighted by molar-refractivity contribution is -0.143. The summed E-state index contributed by atoms with van der Waals surface area (Å²) < 4.78 is 10.7. The standard InChI is InChI=1S/C19H22N2O4/c1-12-15-6-4-5-7-16(15)20-13(2)17(12)19(23)25-14(3)18(22)21-8-10-24-11-9-21/h4-7,14H,8-11H2,1-3H3/t14-/m0/s1. The number of carbonyl (C=O) groups excluding carboxylic acids is 2. The molecular weight excluding hydrogens is 320 g/mol. The second-order valence-corrected chi connectivity index (χ2v) is 6.20. The molecule has 0 radical (unpaired) electrons. The highest BCUT2D eigenvalue weighted by molar-refractivity contribution is 5.99. The van der Waals surface area contributed by atoms with Gasteiger partial charge >= 0.3 is 5.97 Å². The minimum Gasteiger partial charge on any atom is -0.449 e. The lowest BCUT2D eigenvalue weighted by Crippen LogP contribution is -2.46. The number of nitrogens with zero attached hydrogens (tertiary/aromatic N) is 2. The molecule has 0 spiro atoms.